The third-order valence-corrected chi connectivity index (χ3v) is 2.32. The Balaban J connectivity index is 4.04. The predicted molar refractivity (Wildman–Crippen MR) is 41.1 cm³/mol. The molecular formula is C6H10NO3P. The van der Waals surface area contributed by atoms with Crippen molar-refractivity contribution in [3.63, 3.8) is 0 Å². The van der Waals surface area contributed by atoms with Crippen molar-refractivity contribution in [2.75, 3.05) is 12.8 Å². The summed E-state index contributed by atoms with van der Waals surface area (Å²) in [5.41, 5.74) is 0.0595. The summed E-state index contributed by atoms with van der Waals surface area (Å²) >= 11 is 0. The van der Waals surface area contributed by atoms with Crippen LogP contribution < -0.4 is 0 Å². The third-order valence-electron chi connectivity index (χ3n) is 0.880. The minimum Gasteiger partial charge on any atom is -0.324 e. The molecule has 0 saturated heterocycles. The maximum atomic E-state index is 10.9. The number of allylic oxidation sites excluding steroid dienone is 1. The van der Waals surface area contributed by atoms with Gasteiger partial charge in [-0.05, 0) is 6.92 Å². The number of nitriles is 1. The lowest BCUT2D eigenvalue weighted by molar-refractivity contribution is 0.276. The van der Waals surface area contributed by atoms with E-state index >= 15 is 0 Å². The van der Waals surface area contributed by atoms with Crippen LogP contribution in [0.3, 0.4) is 0 Å². The molecule has 0 radical (unpaired) electrons. The molecule has 0 aliphatic carbocycles. The number of nitrogens with zero attached hydrogens (tertiary/aromatic N) is 1. The van der Waals surface area contributed by atoms with Gasteiger partial charge in [0, 0.05) is 5.57 Å². The summed E-state index contributed by atoms with van der Waals surface area (Å²) in [4.78, 5) is 8.94. The highest BCUT2D eigenvalue weighted by Crippen LogP contribution is 2.42. The van der Waals surface area contributed by atoms with Gasteiger partial charge in [-0.15, -0.1) is 0 Å². The first-order chi connectivity index (χ1) is 5.02. The van der Waals surface area contributed by atoms with E-state index in [1.54, 1.807) is 13.0 Å². The fourth-order valence-corrected chi connectivity index (χ4v) is 1.57. The van der Waals surface area contributed by atoms with Gasteiger partial charge in [-0.1, -0.05) is 6.58 Å². The summed E-state index contributed by atoms with van der Waals surface area (Å²) in [7, 11) is -3.59. The molecule has 1 N–H and O–H groups in total. The van der Waals surface area contributed by atoms with Gasteiger partial charge in [0.1, 0.15) is 0 Å². The molecule has 0 aliphatic rings. The van der Waals surface area contributed by atoms with E-state index in [1.807, 2.05) is 0 Å². The van der Waals surface area contributed by atoms with E-state index in [4.69, 9.17) is 10.2 Å². The van der Waals surface area contributed by atoms with Crippen LogP contribution in [0.25, 0.3) is 0 Å². The van der Waals surface area contributed by atoms with Crippen LogP contribution in [-0.2, 0) is 9.09 Å². The zero-order chi connectivity index (χ0) is 8.91. The molecule has 0 spiro atoms. The van der Waals surface area contributed by atoms with Gasteiger partial charge < -0.3 is 9.42 Å². The highest BCUT2D eigenvalue weighted by atomic mass is 31.2. The second-order valence-corrected chi connectivity index (χ2v) is 3.78. The van der Waals surface area contributed by atoms with Gasteiger partial charge in [-0.3, -0.25) is 4.57 Å². The summed E-state index contributed by atoms with van der Waals surface area (Å²) in [6, 6.07) is 1.67. The average molecular weight is 175 g/mol. The van der Waals surface area contributed by atoms with Crippen LogP contribution >= 0.6 is 7.60 Å². The second kappa shape index (κ2) is 4.30. The van der Waals surface area contributed by atoms with Crippen molar-refractivity contribution < 1.29 is 14.0 Å². The van der Waals surface area contributed by atoms with Crippen LogP contribution in [0.4, 0.5) is 0 Å². The lowest BCUT2D eigenvalue weighted by Crippen LogP contribution is -1.95. The van der Waals surface area contributed by atoms with Gasteiger partial charge in [0.2, 0.25) is 0 Å². The molecule has 11 heavy (non-hydrogen) atoms. The first-order valence-electron chi connectivity index (χ1n) is 3.06. The van der Waals surface area contributed by atoms with Crippen LogP contribution in [0.5, 0.6) is 0 Å². The summed E-state index contributed by atoms with van der Waals surface area (Å²) in [5, 5.41) is 8.23. The topological polar surface area (TPSA) is 70.3 Å². The van der Waals surface area contributed by atoms with Crippen LogP contribution in [0.15, 0.2) is 12.2 Å². The molecule has 0 saturated carbocycles. The van der Waals surface area contributed by atoms with Crippen LogP contribution in [0.1, 0.15) is 6.92 Å². The molecule has 0 aromatic heterocycles. The molecule has 0 aromatic rings. The molecule has 0 amide bonds. The van der Waals surface area contributed by atoms with Gasteiger partial charge >= 0.3 is 7.60 Å². The van der Waals surface area contributed by atoms with Gasteiger partial charge in [0.05, 0.1) is 18.8 Å². The average Bonchev–Trinajstić information content (AvgIpc) is 1.86. The van der Waals surface area contributed by atoms with Gasteiger partial charge in [-0.25, -0.2) is 0 Å². The lowest BCUT2D eigenvalue weighted by atomic mass is 10.4. The molecule has 0 rings (SSSR count). The Bertz CT molecular complexity index is 230. The SMILES string of the molecule is C=C(C#N)CP(=O)(O)OCC. The molecule has 1 atom stereocenters. The summed E-state index contributed by atoms with van der Waals surface area (Å²) in [5.74, 6) is 0. The van der Waals surface area contributed by atoms with Gasteiger partial charge in [-0.2, -0.15) is 5.26 Å². The van der Waals surface area contributed by atoms with Crippen molar-refractivity contribution in [1.29, 1.82) is 5.26 Å². The van der Waals surface area contributed by atoms with E-state index in [2.05, 4.69) is 11.1 Å². The molecular weight excluding hydrogens is 165 g/mol. The molecule has 1 unspecified atom stereocenters. The highest BCUT2D eigenvalue weighted by molar-refractivity contribution is 7.53. The zero-order valence-corrected chi connectivity index (χ0v) is 7.17. The molecule has 0 aromatic carbocycles. The molecule has 0 aliphatic heterocycles. The molecule has 5 heteroatoms. The first-order valence-corrected chi connectivity index (χ1v) is 4.82. The fraction of sp³-hybridized carbons (Fsp3) is 0.500. The third kappa shape index (κ3) is 4.74. The van der Waals surface area contributed by atoms with Gasteiger partial charge in [0.15, 0.2) is 0 Å². The summed E-state index contributed by atoms with van der Waals surface area (Å²) in [6.45, 7) is 5.04. The molecule has 62 valence electrons. The van der Waals surface area contributed by atoms with Crippen molar-refractivity contribution in [1.82, 2.24) is 0 Å². The fourth-order valence-electron chi connectivity index (χ4n) is 0.524. The Hall–Kier alpha value is -0.620. The molecule has 0 bridgehead atoms. The van der Waals surface area contributed by atoms with E-state index < -0.39 is 7.60 Å². The summed E-state index contributed by atoms with van der Waals surface area (Å²) in [6.07, 6.45) is -0.280. The van der Waals surface area contributed by atoms with E-state index in [-0.39, 0.29) is 18.3 Å². The second-order valence-electron chi connectivity index (χ2n) is 1.93. The molecule has 4 nitrogen and oxygen atoms in total. The van der Waals surface area contributed by atoms with Crippen molar-refractivity contribution in [3.8, 4) is 6.07 Å². The number of hydrogen-bond acceptors (Lipinski definition) is 3. The predicted octanol–water partition coefficient (Wildman–Crippen LogP) is 1.29. The quantitative estimate of drug-likeness (QED) is 0.516. The smallest absolute Gasteiger partial charge is 0.324 e. The Morgan fingerprint density at radius 3 is 2.82 bits per heavy atom. The molecule has 0 fully saturated rings. The maximum Gasteiger partial charge on any atom is 0.333 e. The van der Waals surface area contributed by atoms with E-state index in [1.165, 1.54) is 0 Å². The van der Waals surface area contributed by atoms with Crippen molar-refractivity contribution in [2.45, 2.75) is 6.92 Å². The Morgan fingerprint density at radius 1 is 1.91 bits per heavy atom. The van der Waals surface area contributed by atoms with Crippen LogP contribution in [-0.4, -0.2) is 17.7 Å². The Morgan fingerprint density at radius 2 is 2.45 bits per heavy atom. The monoisotopic (exact) mass is 175 g/mol. The first kappa shape index (κ1) is 10.4. The number of hydrogen-bond donors (Lipinski definition) is 1. The summed E-state index contributed by atoms with van der Waals surface area (Å²) < 4.78 is 15.4. The molecule has 0 heterocycles. The zero-order valence-electron chi connectivity index (χ0n) is 6.28. The Labute approximate surface area is 65.6 Å². The standard InChI is InChI=1S/C6H10NO3P/c1-3-10-11(8,9)5-6(2)4-7/h2-3,5H2,1H3,(H,8,9). The normalized spacial score (nSPS) is 15.0. The van der Waals surface area contributed by atoms with Crippen LogP contribution in [0, 0.1) is 11.3 Å². The van der Waals surface area contributed by atoms with E-state index in [0.717, 1.165) is 0 Å². The highest BCUT2D eigenvalue weighted by Gasteiger charge is 2.19. The van der Waals surface area contributed by atoms with Gasteiger partial charge in [0.25, 0.3) is 0 Å². The number of rotatable bonds is 4. The van der Waals surface area contributed by atoms with Crippen LogP contribution in [0.2, 0.25) is 0 Å². The van der Waals surface area contributed by atoms with Crippen molar-refractivity contribution in [2.24, 2.45) is 0 Å². The van der Waals surface area contributed by atoms with Crippen molar-refractivity contribution in [3.05, 3.63) is 12.2 Å². The largest absolute Gasteiger partial charge is 0.333 e. The minimum absolute atomic E-state index is 0.0595. The van der Waals surface area contributed by atoms with E-state index in [9.17, 15) is 4.57 Å². The minimum atomic E-state index is -3.59. The maximum absolute atomic E-state index is 10.9. The van der Waals surface area contributed by atoms with E-state index in [0.29, 0.717) is 0 Å². The lowest BCUT2D eigenvalue weighted by Gasteiger charge is -2.08. The Kier molecular flexibility index (Phi) is 4.06. The van der Waals surface area contributed by atoms with Crippen molar-refractivity contribution >= 4 is 7.60 Å².